The van der Waals surface area contributed by atoms with Crippen LogP contribution < -0.4 is 0 Å². The Morgan fingerprint density at radius 2 is 1.94 bits per heavy atom. The van der Waals surface area contributed by atoms with E-state index in [4.69, 9.17) is 11.6 Å². The molecule has 18 heavy (non-hydrogen) atoms. The summed E-state index contributed by atoms with van der Waals surface area (Å²) in [5.74, 6) is 0. The van der Waals surface area contributed by atoms with Crippen molar-refractivity contribution >= 4 is 17.2 Å². The molecule has 1 aromatic carbocycles. The zero-order valence-electron chi connectivity index (χ0n) is 9.73. The smallest absolute Gasteiger partial charge is 0.156 e. The lowest BCUT2D eigenvalue weighted by atomic mass is 9.92. The number of aromatic nitrogens is 2. The molecule has 0 unspecified atom stereocenters. The average Bonchev–Trinajstić information content (AvgIpc) is 2.79. The lowest BCUT2D eigenvalue weighted by Gasteiger charge is -2.15. The van der Waals surface area contributed by atoms with Crippen LogP contribution in [0.1, 0.15) is 11.3 Å². The van der Waals surface area contributed by atoms with Crippen LogP contribution in [0.2, 0.25) is 5.02 Å². The van der Waals surface area contributed by atoms with Crippen LogP contribution in [0.25, 0.3) is 16.9 Å². The SMILES string of the molecule is Clc1cccn2c3c(nc12)CCc1ccccc1-3. The van der Waals surface area contributed by atoms with E-state index in [1.54, 1.807) is 0 Å². The van der Waals surface area contributed by atoms with E-state index in [1.807, 2.05) is 18.3 Å². The molecular weight excluding hydrogens is 244 g/mol. The van der Waals surface area contributed by atoms with E-state index in [0.717, 1.165) is 24.2 Å². The molecule has 88 valence electrons. The van der Waals surface area contributed by atoms with Gasteiger partial charge in [0, 0.05) is 11.8 Å². The normalized spacial score (nSPS) is 13.4. The maximum atomic E-state index is 6.22. The van der Waals surface area contributed by atoms with Gasteiger partial charge < -0.3 is 0 Å². The molecule has 1 aliphatic rings. The molecule has 0 saturated carbocycles. The Balaban J connectivity index is 2.14. The molecular formula is C15H11ClN2. The third kappa shape index (κ3) is 1.27. The quantitative estimate of drug-likeness (QED) is 0.597. The summed E-state index contributed by atoms with van der Waals surface area (Å²) in [7, 11) is 0. The largest absolute Gasteiger partial charge is 0.298 e. The molecule has 0 bridgehead atoms. The first-order valence-corrected chi connectivity index (χ1v) is 6.46. The minimum Gasteiger partial charge on any atom is -0.298 e. The van der Waals surface area contributed by atoms with Gasteiger partial charge in [0.1, 0.15) is 0 Å². The minimum atomic E-state index is 0.712. The van der Waals surface area contributed by atoms with Crippen LogP contribution in [-0.2, 0) is 12.8 Å². The Hall–Kier alpha value is -1.80. The summed E-state index contributed by atoms with van der Waals surface area (Å²) in [5, 5.41) is 0.712. The summed E-state index contributed by atoms with van der Waals surface area (Å²) in [6, 6.07) is 12.4. The Kier molecular flexibility index (Phi) is 2.03. The van der Waals surface area contributed by atoms with Crippen LogP contribution >= 0.6 is 11.6 Å². The van der Waals surface area contributed by atoms with Crippen molar-refractivity contribution < 1.29 is 0 Å². The van der Waals surface area contributed by atoms with Crippen molar-refractivity contribution in [3.05, 3.63) is 58.9 Å². The standard InChI is InChI=1S/C15H11ClN2/c16-12-6-3-9-18-14-11-5-2-1-4-10(11)7-8-13(14)17-15(12)18/h1-6,9H,7-8H2. The van der Waals surface area contributed by atoms with Crippen molar-refractivity contribution in [3.63, 3.8) is 0 Å². The number of fused-ring (bicyclic) bond motifs is 5. The molecule has 3 heteroatoms. The zero-order chi connectivity index (χ0) is 12.1. The van der Waals surface area contributed by atoms with Crippen LogP contribution in [0.15, 0.2) is 42.6 Å². The molecule has 0 amide bonds. The van der Waals surface area contributed by atoms with Crippen molar-refractivity contribution in [2.24, 2.45) is 0 Å². The topological polar surface area (TPSA) is 17.3 Å². The van der Waals surface area contributed by atoms with E-state index < -0.39 is 0 Å². The summed E-state index contributed by atoms with van der Waals surface area (Å²) in [5.41, 5.74) is 5.90. The predicted molar refractivity (Wildman–Crippen MR) is 73.0 cm³/mol. The molecule has 2 aromatic heterocycles. The number of rotatable bonds is 0. The van der Waals surface area contributed by atoms with Crippen LogP contribution in [0.3, 0.4) is 0 Å². The molecule has 0 saturated heterocycles. The van der Waals surface area contributed by atoms with Gasteiger partial charge in [0.15, 0.2) is 5.65 Å². The monoisotopic (exact) mass is 254 g/mol. The lowest BCUT2D eigenvalue weighted by Crippen LogP contribution is -2.04. The van der Waals surface area contributed by atoms with Crippen molar-refractivity contribution in [3.8, 4) is 11.3 Å². The first-order chi connectivity index (χ1) is 8.84. The maximum absolute atomic E-state index is 6.22. The van der Waals surface area contributed by atoms with Crippen LogP contribution in [0, 0.1) is 0 Å². The van der Waals surface area contributed by atoms with E-state index in [2.05, 4.69) is 33.7 Å². The van der Waals surface area contributed by atoms with Gasteiger partial charge in [-0.15, -0.1) is 0 Å². The second-order valence-corrected chi connectivity index (χ2v) is 5.02. The molecule has 1 aliphatic carbocycles. The van der Waals surface area contributed by atoms with Crippen molar-refractivity contribution in [1.29, 1.82) is 0 Å². The van der Waals surface area contributed by atoms with Gasteiger partial charge in [-0.25, -0.2) is 4.98 Å². The van der Waals surface area contributed by atoms with E-state index >= 15 is 0 Å². The summed E-state index contributed by atoms with van der Waals surface area (Å²) in [4.78, 5) is 4.68. The summed E-state index contributed by atoms with van der Waals surface area (Å²) in [6.45, 7) is 0. The third-order valence-corrected chi connectivity index (χ3v) is 3.87. The number of aryl methyl sites for hydroxylation is 2. The number of imidazole rings is 1. The molecule has 4 rings (SSSR count). The molecule has 0 aliphatic heterocycles. The summed E-state index contributed by atoms with van der Waals surface area (Å²) < 4.78 is 2.11. The van der Waals surface area contributed by atoms with Gasteiger partial charge in [0.25, 0.3) is 0 Å². The molecule has 0 atom stereocenters. The fourth-order valence-corrected chi connectivity index (χ4v) is 2.97. The fourth-order valence-electron chi connectivity index (χ4n) is 2.76. The Morgan fingerprint density at radius 3 is 2.89 bits per heavy atom. The van der Waals surface area contributed by atoms with Gasteiger partial charge in [-0.2, -0.15) is 0 Å². The zero-order valence-corrected chi connectivity index (χ0v) is 10.5. The maximum Gasteiger partial charge on any atom is 0.156 e. The van der Waals surface area contributed by atoms with Crippen molar-refractivity contribution in [1.82, 2.24) is 9.38 Å². The second kappa shape index (κ2) is 3.59. The molecule has 0 spiro atoms. The highest BCUT2D eigenvalue weighted by Crippen LogP contribution is 2.35. The highest BCUT2D eigenvalue weighted by atomic mass is 35.5. The van der Waals surface area contributed by atoms with E-state index in [9.17, 15) is 0 Å². The van der Waals surface area contributed by atoms with Gasteiger partial charge in [0.2, 0.25) is 0 Å². The van der Waals surface area contributed by atoms with Gasteiger partial charge in [-0.3, -0.25) is 4.40 Å². The first-order valence-electron chi connectivity index (χ1n) is 6.08. The number of pyridine rings is 1. The predicted octanol–water partition coefficient (Wildman–Crippen LogP) is 3.75. The summed E-state index contributed by atoms with van der Waals surface area (Å²) >= 11 is 6.22. The average molecular weight is 255 g/mol. The fraction of sp³-hybridized carbons (Fsp3) is 0.133. The Morgan fingerprint density at radius 1 is 1.06 bits per heavy atom. The molecule has 0 radical (unpaired) electrons. The van der Waals surface area contributed by atoms with Gasteiger partial charge in [0.05, 0.1) is 16.4 Å². The number of nitrogens with zero attached hydrogens (tertiary/aromatic N) is 2. The van der Waals surface area contributed by atoms with Crippen LogP contribution in [-0.4, -0.2) is 9.38 Å². The molecule has 0 N–H and O–H groups in total. The van der Waals surface area contributed by atoms with Crippen LogP contribution in [0.5, 0.6) is 0 Å². The number of hydrogen-bond acceptors (Lipinski definition) is 1. The van der Waals surface area contributed by atoms with E-state index in [1.165, 1.54) is 16.8 Å². The van der Waals surface area contributed by atoms with Gasteiger partial charge >= 0.3 is 0 Å². The van der Waals surface area contributed by atoms with E-state index in [0.29, 0.717) is 5.02 Å². The lowest BCUT2D eigenvalue weighted by molar-refractivity contribution is 0.907. The minimum absolute atomic E-state index is 0.712. The van der Waals surface area contributed by atoms with Gasteiger partial charge in [-0.1, -0.05) is 35.9 Å². The number of benzene rings is 1. The second-order valence-electron chi connectivity index (χ2n) is 4.61. The Labute approximate surface area is 110 Å². The highest BCUT2D eigenvalue weighted by molar-refractivity contribution is 6.33. The van der Waals surface area contributed by atoms with Crippen LogP contribution in [0.4, 0.5) is 0 Å². The first kappa shape index (κ1) is 10.2. The molecule has 0 fully saturated rings. The molecule has 2 heterocycles. The van der Waals surface area contributed by atoms with Crippen molar-refractivity contribution in [2.45, 2.75) is 12.8 Å². The number of hydrogen-bond donors (Lipinski definition) is 0. The third-order valence-electron chi connectivity index (χ3n) is 3.58. The molecule has 3 aromatic rings. The highest BCUT2D eigenvalue weighted by Gasteiger charge is 2.21. The summed E-state index contributed by atoms with van der Waals surface area (Å²) in [6.07, 6.45) is 4.09. The van der Waals surface area contributed by atoms with E-state index in [-0.39, 0.29) is 0 Å². The Bertz CT molecular complexity index is 758. The van der Waals surface area contributed by atoms with Gasteiger partial charge in [-0.05, 0) is 30.5 Å². The number of halogens is 1. The molecule has 2 nitrogen and oxygen atoms in total. The van der Waals surface area contributed by atoms with Crippen molar-refractivity contribution in [2.75, 3.05) is 0 Å².